The lowest BCUT2D eigenvalue weighted by atomic mass is 9.98. The van der Waals surface area contributed by atoms with Crippen LogP contribution in [0.5, 0.6) is 5.75 Å². The average molecular weight is 250 g/mol. The zero-order valence-corrected chi connectivity index (χ0v) is 10.8. The van der Waals surface area contributed by atoms with Crippen LogP contribution in [0.4, 0.5) is 0 Å². The molecule has 1 unspecified atom stereocenters. The van der Waals surface area contributed by atoms with Gasteiger partial charge in [0.15, 0.2) is 0 Å². The first-order chi connectivity index (χ1) is 8.20. The lowest BCUT2D eigenvalue weighted by Gasteiger charge is -2.27. The topological polar surface area (TPSA) is 12.5 Å². The molecule has 0 aliphatic carbocycles. The number of hydrogen-bond acceptors (Lipinski definition) is 2. The third-order valence-electron chi connectivity index (χ3n) is 3.00. The predicted molar refractivity (Wildman–Crippen MR) is 71.1 cm³/mol. The van der Waals surface area contributed by atoms with Crippen LogP contribution in [-0.2, 0) is 6.42 Å². The summed E-state index contributed by atoms with van der Waals surface area (Å²) in [6.07, 6.45) is 6.86. The van der Waals surface area contributed by atoms with Crippen LogP contribution in [0.1, 0.15) is 12.5 Å². The molecule has 0 fully saturated rings. The second-order valence-corrected chi connectivity index (χ2v) is 4.55. The van der Waals surface area contributed by atoms with Crippen molar-refractivity contribution in [1.29, 1.82) is 0 Å². The van der Waals surface area contributed by atoms with Crippen LogP contribution in [0.3, 0.4) is 0 Å². The van der Waals surface area contributed by atoms with Crippen LogP contribution >= 0.6 is 11.8 Å². The molecule has 1 aliphatic heterocycles. The molecular formula is C14H16ClNO. The first kappa shape index (κ1) is 12.1. The average Bonchev–Trinajstić information content (AvgIpc) is 2.35. The first-order valence-corrected chi connectivity index (χ1v) is 5.96. The number of rotatable bonds is 3. The Balaban J connectivity index is 2.09. The third kappa shape index (κ3) is 2.83. The van der Waals surface area contributed by atoms with Crippen molar-refractivity contribution in [2.75, 3.05) is 7.11 Å². The number of halogens is 1. The highest BCUT2D eigenvalue weighted by atomic mass is 35.5. The summed E-state index contributed by atoms with van der Waals surface area (Å²) in [7, 11) is 1.67. The van der Waals surface area contributed by atoms with E-state index in [0.29, 0.717) is 0 Å². The molecule has 0 radical (unpaired) electrons. The Morgan fingerprint density at radius 1 is 1.29 bits per heavy atom. The summed E-state index contributed by atoms with van der Waals surface area (Å²) < 4.78 is 6.88. The van der Waals surface area contributed by atoms with E-state index in [4.69, 9.17) is 16.5 Å². The molecule has 1 aromatic rings. The summed E-state index contributed by atoms with van der Waals surface area (Å²) in [6, 6.07) is 8.34. The molecule has 0 saturated heterocycles. The third-order valence-corrected chi connectivity index (χ3v) is 3.35. The van der Waals surface area contributed by atoms with Crippen molar-refractivity contribution in [3.05, 3.63) is 53.8 Å². The molecule has 1 aliphatic rings. The minimum atomic E-state index is 0.232. The zero-order chi connectivity index (χ0) is 12.3. The van der Waals surface area contributed by atoms with Gasteiger partial charge in [-0.05, 0) is 42.7 Å². The molecule has 1 heterocycles. The van der Waals surface area contributed by atoms with Crippen molar-refractivity contribution in [3.8, 4) is 5.75 Å². The van der Waals surface area contributed by atoms with Crippen molar-refractivity contribution in [2.45, 2.75) is 19.4 Å². The molecule has 0 amide bonds. The minimum Gasteiger partial charge on any atom is -0.497 e. The first-order valence-electron chi connectivity index (χ1n) is 5.62. The number of methoxy groups -OCH3 is 1. The van der Waals surface area contributed by atoms with E-state index in [2.05, 4.69) is 25.1 Å². The van der Waals surface area contributed by atoms with Crippen LogP contribution in [0.15, 0.2) is 48.2 Å². The minimum absolute atomic E-state index is 0.232. The molecular weight excluding hydrogens is 234 g/mol. The fraction of sp³-hybridized carbons (Fsp3) is 0.286. The second kappa shape index (κ2) is 5.28. The van der Waals surface area contributed by atoms with Gasteiger partial charge >= 0.3 is 0 Å². The van der Waals surface area contributed by atoms with E-state index in [1.807, 2.05) is 24.4 Å². The summed E-state index contributed by atoms with van der Waals surface area (Å²) >= 11 is 6.17. The van der Waals surface area contributed by atoms with Gasteiger partial charge in [0.25, 0.3) is 0 Å². The van der Waals surface area contributed by atoms with Gasteiger partial charge < -0.3 is 4.74 Å². The van der Waals surface area contributed by atoms with E-state index in [-0.39, 0.29) is 6.04 Å². The van der Waals surface area contributed by atoms with Crippen molar-refractivity contribution in [2.24, 2.45) is 0 Å². The number of ether oxygens (including phenoxy) is 1. The SMILES string of the molecule is COc1ccc(CC2C(C)=CC=CN2Cl)cc1. The largest absolute Gasteiger partial charge is 0.497 e. The Labute approximate surface area is 107 Å². The van der Waals surface area contributed by atoms with Crippen LogP contribution in [-0.4, -0.2) is 17.6 Å². The van der Waals surface area contributed by atoms with E-state index in [9.17, 15) is 0 Å². The highest BCUT2D eigenvalue weighted by Gasteiger charge is 2.18. The van der Waals surface area contributed by atoms with Crippen molar-refractivity contribution >= 4 is 11.8 Å². The van der Waals surface area contributed by atoms with Gasteiger partial charge in [0.1, 0.15) is 5.75 Å². The van der Waals surface area contributed by atoms with E-state index in [1.54, 1.807) is 11.5 Å². The fourth-order valence-electron chi connectivity index (χ4n) is 1.92. The Morgan fingerprint density at radius 2 is 2.00 bits per heavy atom. The van der Waals surface area contributed by atoms with E-state index in [1.165, 1.54) is 11.1 Å². The van der Waals surface area contributed by atoms with Crippen LogP contribution in [0.25, 0.3) is 0 Å². The Morgan fingerprint density at radius 3 is 2.59 bits per heavy atom. The molecule has 1 aromatic carbocycles. The fourth-order valence-corrected chi connectivity index (χ4v) is 2.21. The molecule has 0 N–H and O–H groups in total. The molecule has 0 bridgehead atoms. The van der Waals surface area contributed by atoms with Crippen molar-refractivity contribution < 1.29 is 4.74 Å². The van der Waals surface area contributed by atoms with Gasteiger partial charge in [-0.25, -0.2) is 0 Å². The Hall–Kier alpha value is -1.41. The van der Waals surface area contributed by atoms with Gasteiger partial charge in [-0.15, -0.1) is 0 Å². The molecule has 0 saturated carbocycles. The van der Waals surface area contributed by atoms with Gasteiger partial charge in [-0.1, -0.05) is 18.2 Å². The Kier molecular flexibility index (Phi) is 3.75. The normalized spacial score (nSPS) is 19.1. The highest BCUT2D eigenvalue weighted by Crippen LogP contribution is 2.23. The van der Waals surface area contributed by atoms with Crippen molar-refractivity contribution in [3.63, 3.8) is 0 Å². The van der Waals surface area contributed by atoms with Crippen molar-refractivity contribution in [1.82, 2.24) is 4.42 Å². The highest BCUT2D eigenvalue weighted by molar-refractivity contribution is 6.14. The maximum atomic E-state index is 6.17. The standard InChI is InChI=1S/C14H16ClNO/c1-11-4-3-9-16(15)14(11)10-12-5-7-13(17-2)8-6-12/h3-9,14H,10H2,1-2H3. The van der Waals surface area contributed by atoms with E-state index >= 15 is 0 Å². The van der Waals surface area contributed by atoms with Gasteiger partial charge in [-0.3, -0.25) is 4.42 Å². The summed E-state index contributed by atoms with van der Waals surface area (Å²) in [6.45, 7) is 2.10. The number of hydrogen-bond donors (Lipinski definition) is 0. The monoisotopic (exact) mass is 249 g/mol. The molecule has 90 valence electrons. The summed E-state index contributed by atoms with van der Waals surface area (Å²) in [4.78, 5) is 0. The molecule has 2 nitrogen and oxygen atoms in total. The summed E-state index contributed by atoms with van der Waals surface area (Å²) in [5, 5.41) is 0. The quantitative estimate of drug-likeness (QED) is 0.760. The second-order valence-electron chi connectivity index (χ2n) is 4.16. The van der Waals surface area contributed by atoms with E-state index < -0.39 is 0 Å². The molecule has 17 heavy (non-hydrogen) atoms. The smallest absolute Gasteiger partial charge is 0.118 e. The van der Waals surface area contributed by atoms with E-state index in [0.717, 1.165) is 12.2 Å². The lowest BCUT2D eigenvalue weighted by molar-refractivity contribution is 0.414. The maximum Gasteiger partial charge on any atom is 0.118 e. The molecule has 0 aromatic heterocycles. The summed E-state index contributed by atoms with van der Waals surface area (Å²) in [5.41, 5.74) is 2.53. The van der Waals surface area contributed by atoms with Crippen LogP contribution in [0.2, 0.25) is 0 Å². The zero-order valence-electron chi connectivity index (χ0n) is 10.1. The summed E-state index contributed by atoms with van der Waals surface area (Å²) in [5.74, 6) is 0.882. The van der Waals surface area contributed by atoms with Crippen LogP contribution in [0, 0.1) is 0 Å². The lowest BCUT2D eigenvalue weighted by Crippen LogP contribution is -2.28. The van der Waals surface area contributed by atoms with Gasteiger partial charge in [0, 0.05) is 18.0 Å². The number of allylic oxidation sites excluding steroid dienone is 2. The molecule has 2 rings (SSSR count). The Bertz CT molecular complexity index is 436. The molecule has 3 heteroatoms. The predicted octanol–water partition coefficient (Wildman–Crippen LogP) is 3.54. The maximum absolute atomic E-state index is 6.17. The van der Waals surface area contributed by atoms with Gasteiger partial charge in [-0.2, -0.15) is 0 Å². The number of nitrogens with zero attached hydrogens (tertiary/aromatic N) is 1. The number of benzene rings is 1. The molecule has 0 spiro atoms. The molecule has 1 atom stereocenters. The van der Waals surface area contributed by atoms with Gasteiger partial charge in [0.05, 0.1) is 13.2 Å². The van der Waals surface area contributed by atoms with Gasteiger partial charge in [0.2, 0.25) is 0 Å². The van der Waals surface area contributed by atoms with Crippen LogP contribution < -0.4 is 4.74 Å².